The van der Waals surface area contributed by atoms with E-state index in [0.29, 0.717) is 12.3 Å². The first kappa shape index (κ1) is 12.0. The van der Waals surface area contributed by atoms with E-state index < -0.39 is 5.97 Å². The van der Waals surface area contributed by atoms with E-state index in [1.165, 1.54) is 0 Å². The molecule has 86 valence electrons. The number of hydrogen-bond donors (Lipinski definition) is 1. The van der Waals surface area contributed by atoms with Crippen LogP contribution < -0.4 is 0 Å². The summed E-state index contributed by atoms with van der Waals surface area (Å²) in [7, 11) is 0. The van der Waals surface area contributed by atoms with Crippen molar-refractivity contribution in [2.24, 2.45) is 11.8 Å². The number of likely N-dealkylation sites (tertiary alicyclic amines) is 1. The molecule has 0 bridgehead atoms. The molecule has 4 heteroatoms. The van der Waals surface area contributed by atoms with Gasteiger partial charge in [0.15, 0.2) is 0 Å². The third kappa shape index (κ3) is 2.94. The monoisotopic (exact) mass is 213 g/mol. The normalized spacial score (nSPS) is 26.8. The highest BCUT2D eigenvalue weighted by atomic mass is 16.4. The lowest BCUT2D eigenvalue weighted by Gasteiger charge is -2.36. The van der Waals surface area contributed by atoms with Crippen LogP contribution in [0.4, 0.5) is 0 Å². The lowest BCUT2D eigenvalue weighted by Crippen LogP contribution is -2.44. The van der Waals surface area contributed by atoms with Crippen LogP contribution in [0.3, 0.4) is 0 Å². The molecule has 0 spiro atoms. The van der Waals surface area contributed by atoms with Crippen LogP contribution in [0.1, 0.15) is 33.1 Å². The molecule has 1 N–H and O–H groups in total. The minimum Gasteiger partial charge on any atom is -0.481 e. The summed E-state index contributed by atoms with van der Waals surface area (Å²) in [5, 5.41) is 8.76. The second-order valence-corrected chi connectivity index (χ2v) is 4.16. The molecular formula is C11H19NO3. The molecular weight excluding hydrogens is 194 g/mol. The van der Waals surface area contributed by atoms with Crippen molar-refractivity contribution in [1.29, 1.82) is 0 Å². The highest BCUT2D eigenvalue weighted by Gasteiger charge is 2.33. The minimum atomic E-state index is -0.795. The number of amides is 1. The van der Waals surface area contributed by atoms with E-state index >= 15 is 0 Å². The maximum Gasteiger partial charge on any atom is 0.303 e. The summed E-state index contributed by atoms with van der Waals surface area (Å²) in [4.78, 5) is 24.1. The van der Waals surface area contributed by atoms with Gasteiger partial charge >= 0.3 is 5.97 Å². The Kier molecular flexibility index (Phi) is 4.12. The molecule has 1 heterocycles. The van der Waals surface area contributed by atoms with Crippen LogP contribution in [0.5, 0.6) is 0 Å². The van der Waals surface area contributed by atoms with E-state index in [1.54, 1.807) is 0 Å². The van der Waals surface area contributed by atoms with Crippen LogP contribution in [0, 0.1) is 11.8 Å². The number of carboxylic acid groups (broad SMARTS) is 1. The average molecular weight is 213 g/mol. The quantitative estimate of drug-likeness (QED) is 0.767. The lowest BCUT2D eigenvalue weighted by atomic mass is 9.81. The fourth-order valence-corrected chi connectivity index (χ4v) is 2.29. The first-order chi connectivity index (χ1) is 7.08. The van der Waals surface area contributed by atoms with E-state index in [9.17, 15) is 9.59 Å². The second-order valence-electron chi connectivity index (χ2n) is 4.16. The van der Waals surface area contributed by atoms with Gasteiger partial charge < -0.3 is 10.0 Å². The minimum absolute atomic E-state index is 0.0304. The standard InChI is InChI=1S/C11H19NO3/c1-3-8-7-12(4-2)10(13)5-9(8)6-11(14)15/h8-9H,3-7H2,1-2H3,(H,14,15)/t8-,9+/m0/s1. The Morgan fingerprint density at radius 2 is 2.13 bits per heavy atom. The number of hydrogen-bond acceptors (Lipinski definition) is 2. The van der Waals surface area contributed by atoms with Gasteiger partial charge in [0.05, 0.1) is 0 Å². The van der Waals surface area contributed by atoms with Crippen molar-refractivity contribution in [1.82, 2.24) is 4.90 Å². The molecule has 0 unspecified atom stereocenters. The summed E-state index contributed by atoms with van der Waals surface area (Å²) in [6.07, 6.45) is 1.47. The largest absolute Gasteiger partial charge is 0.481 e. The van der Waals surface area contributed by atoms with Crippen molar-refractivity contribution in [3.8, 4) is 0 Å². The summed E-state index contributed by atoms with van der Waals surface area (Å²) in [6.45, 7) is 5.48. The Bertz CT molecular complexity index is 252. The highest BCUT2D eigenvalue weighted by molar-refractivity contribution is 5.78. The number of piperidine rings is 1. The maximum atomic E-state index is 11.6. The fourth-order valence-electron chi connectivity index (χ4n) is 2.29. The molecule has 0 aromatic rings. The van der Waals surface area contributed by atoms with Crippen LogP contribution in [-0.2, 0) is 9.59 Å². The van der Waals surface area contributed by atoms with Crippen molar-refractivity contribution in [2.75, 3.05) is 13.1 Å². The molecule has 1 amide bonds. The van der Waals surface area contributed by atoms with Crippen LogP contribution >= 0.6 is 0 Å². The van der Waals surface area contributed by atoms with Gasteiger partial charge in [-0.25, -0.2) is 0 Å². The Balaban J connectivity index is 2.64. The van der Waals surface area contributed by atoms with Crippen molar-refractivity contribution >= 4 is 11.9 Å². The molecule has 0 aromatic heterocycles. The predicted octanol–water partition coefficient (Wildman–Crippen LogP) is 1.36. The van der Waals surface area contributed by atoms with Crippen molar-refractivity contribution in [2.45, 2.75) is 33.1 Å². The number of carbonyl (C=O) groups is 2. The predicted molar refractivity (Wildman–Crippen MR) is 56.4 cm³/mol. The van der Waals surface area contributed by atoms with E-state index in [0.717, 1.165) is 19.5 Å². The van der Waals surface area contributed by atoms with Gasteiger partial charge in [-0.1, -0.05) is 13.3 Å². The number of carbonyl (C=O) groups excluding carboxylic acids is 1. The van der Waals surface area contributed by atoms with Crippen LogP contribution in [0.25, 0.3) is 0 Å². The smallest absolute Gasteiger partial charge is 0.303 e. The molecule has 1 saturated heterocycles. The van der Waals surface area contributed by atoms with Gasteiger partial charge in [0, 0.05) is 25.9 Å². The molecule has 0 aromatic carbocycles. The van der Waals surface area contributed by atoms with Crippen LogP contribution in [-0.4, -0.2) is 35.0 Å². The first-order valence-corrected chi connectivity index (χ1v) is 5.58. The summed E-state index contributed by atoms with van der Waals surface area (Å²) in [6, 6.07) is 0. The molecule has 4 nitrogen and oxygen atoms in total. The fraction of sp³-hybridized carbons (Fsp3) is 0.818. The zero-order valence-corrected chi connectivity index (χ0v) is 9.40. The first-order valence-electron chi connectivity index (χ1n) is 5.58. The molecule has 1 fully saturated rings. The zero-order valence-electron chi connectivity index (χ0n) is 9.40. The number of nitrogens with zero attached hydrogens (tertiary/aromatic N) is 1. The van der Waals surface area contributed by atoms with Gasteiger partial charge in [-0.15, -0.1) is 0 Å². The topological polar surface area (TPSA) is 57.6 Å². The van der Waals surface area contributed by atoms with Gasteiger partial charge in [-0.3, -0.25) is 9.59 Å². The molecule has 1 rings (SSSR count). The van der Waals surface area contributed by atoms with Gasteiger partial charge in [0.1, 0.15) is 0 Å². The zero-order chi connectivity index (χ0) is 11.4. The third-order valence-corrected chi connectivity index (χ3v) is 3.25. The highest BCUT2D eigenvalue weighted by Crippen LogP contribution is 2.29. The van der Waals surface area contributed by atoms with Crippen LogP contribution in [0.15, 0.2) is 0 Å². The van der Waals surface area contributed by atoms with Gasteiger partial charge in [0.25, 0.3) is 0 Å². The van der Waals surface area contributed by atoms with E-state index in [2.05, 4.69) is 6.92 Å². The number of aliphatic carboxylic acids is 1. The Hall–Kier alpha value is -1.06. The van der Waals surface area contributed by atoms with E-state index in [1.807, 2.05) is 11.8 Å². The van der Waals surface area contributed by atoms with Crippen molar-refractivity contribution in [3.05, 3.63) is 0 Å². The van der Waals surface area contributed by atoms with Crippen molar-refractivity contribution in [3.63, 3.8) is 0 Å². The summed E-state index contributed by atoms with van der Waals surface area (Å²) in [5.41, 5.74) is 0. The lowest BCUT2D eigenvalue weighted by molar-refractivity contribution is -0.142. The molecule has 1 aliphatic rings. The Morgan fingerprint density at radius 1 is 1.47 bits per heavy atom. The molecule has 15 heavy (non-hydrogen) atoms. The third-order valence-electron chi connectivity index (χ3n) is 3.25. The van der Waals surface area contributed by atoms with Gasteiger partial charge in [-0.2, -0.15) is 0 Å². The Morgan fingerprint density at radius 3 is 2.60 bits per heavy atom. The molecule has 0 aliphatic carbocycles. The summed E-state index contributed by atoms with van der Waals surface area (Å²) >= 11 is 0. The van der Waals surface area contributed by atoms with E-state index in [4.69, 9.17) is 5.11 Å². The second kappa shape index (κ2) is 5.14. The Labute approximate surface area is 90.3 Å². The van der Waals surface area contributed by atoms with E-state index in [-0.39, 0.29) is 18.2 Å². The van der Waals surface area contributed by atoms with Crippen molar-refractivity contribution < 1.29 is 14.7 Å². The summed E-state index contributed by atoms with van der Waals surface area (Å²) < 4.78 is 0. The number of rotatable bonds is 4. The van der Waals surface area contributed by atoms with Gasteiger partial charge in [-0.05, 0) is 18.8 Å². The molecule has 0 radical (unpaired) electrons. The molecule has 1 aliphatic heterocycles. The average Bonchev–Trinajstić information content (AvgIpc) is 2.17. The van der Waals surface area contributed by atoms with Crippen LogP contribution in [0.2, 0.25) is 0 Å². The van der Waals surface area contributed by atoms with Gasteiger partial charge in [0.2, 0.25) is 5.91 Å². The maximum absolute atomic E-state index is 11.6. The molecule has 0 saturated carbocycles. The summed E-state index contributed by atoms with van der Waals surface area (Å²) in [5.74, 6) is -0.314. The SMILES string of the molecule is CC[C@H]1CN(CC)C(=O)C[C@@H]1CC(=O)O. The number of carboxylic acids is 1. The molecule has 2 atom stereocenters.